The van der Waals surface area contributed by atoms with E-state index in [-0.39, 0.29) is 29.0 Å². The Kier molecular flexibility index (Phi) is 7.51. The third-order valence-corrected chi connectivity index (χ3v) is 6.32. The lowest BCUT2D eigenvalue weighted by Crippen LogP contribution is -2.33. The molecule has 1 fully saturated rings. The first kappa shape index (κ1) is 25.2. The average molecular weight is 512 g/mol. The molecule has 1 unspecified atom stereocenters. The minimum absolute atomic E-state index is 0.0204. The fourth-order valence-corrected chi connectivity index (χ4v) is 4.04. The molecule has 0 radical (unpaired) electrons. The fraction of sp³-hybridized carbons (Fsp3) is 0.200. The van der Waals surface area contributed by atoms with Gasteiger partial charge in [-0.3, -0.25) is 9.59 Å². The smallest absolute Gasteiger partial charge is 0.291 e. The van der Waals surface area contributed by atoms with Crippen LogP contribution >= 0.6 is 0 Å². The van der Waals surface area contributed by atoms with E-state index in [4.69, 9.17) is 4.74 Å². The van der Waals surface area contributed by atoms with Crippen LogP contribution in [0.5, 0.6) is 11.5 Å². The van der Waals surface area contributed by atoms with Crippen LogP contribution in [-0.4, -0.2) is 38.2 Å². The van der Waals surface area contributed by atoms with E-state index < -0.39 is 11.9 Å². The molecule has 1 amide bonds. The monoisotopic (exact) mass is 511 g/mol. The highest BCUT2D eigenvalue weighted by Crippen LogP contribution is 2.31. The number of benzene rings is 3. The van der Waals surface area contributed by atoms with Crippen LogP contribution < -0.4 is 4.74 Å². The van der Waals surface area contributed by atoms with Crippen molar-refractivity contribution in [2.75, 3.05) is 6.54 Å². The van der Waals surface area contributed by atoms with Crippen LogP contribution in [0.3, 0.4) is 0 Å². The van der Waals surface area contributed by atoms with Gasteiger partial charge in [0.1, 0.15) is 6.10 Å². The molecular weight excluding hydrogens is 485 g/mol. The Hall–Kier alpha value is -4.43. The summed E-state index contributed by atoms with van der Waals surface area (Å²) in [4.78, 5) is 35.9. The molecule has 1 atom stereocenters. The molecular formula is C30H26FN3O4. The molecule has 0 aliphatic heterocycles. The van der Waals surface area contributed by atoms with Crippen molar-refractivity contribution in [2.24, 2.45) is 5.92 Å². The predicted octanol–water partition coefficient (Wildman–Crippen LogP) is 5.38. The molecule has 192 valence electrons. The molecule has 4 aromatic rings. The molecule has 1 saturated carbocycles. The summed E-state index contributed by atoms with van der Waals surface area (Å²) < 4.78 is 19.3. The summed E-state index contributed by atoms with van der Waals surface area (Å²) >= 11 is 0. The van der Waals surface area contributed by atoms with Crippen molar-refractivity contribution >= 4 is 11.7 Å². The van der Waals surface area contributed by atoms with Gasteiger partial charge in [0.2, 0.25) is 5.82 Å². The quantitative estimate of drug-likeness (QED) is 0.288. The number of nitrogens with zero attached hydrogens (tertiary/aromatic N) is 3. The van der Waals surface area contributed by atoms with Gasteiger partial charge in [0, 0.05) is 18.7 Å². The molecule has 1 aliphatic carbocycles. The van der Waals surface area contributed by atoms with E-state index in [2.05, 4.69) is 9.97 Å². The molecule has 8 heteroatoms. The lowest BCUT2D eigenvalue weighted by atomic mass is 9.99. The Morgan fingerprint density at radius 2 is 1.61 bits per heavy atom. The molecule has 1 heterocycles. The number of rotatable bonds is 10. The van der Waals surface area contributed by atoms with E-state index in [0.717, 1.165) is 18.4 Å². The van der Waals surface area contributed by atoms with Gasteiger partial charge in [0.15, 0.2) is 23.1 Å². The van der Waals surface area contributed by atoms with E-state index in [1.54, 1.807) is 65.6 Å². The standard InChI is InChI=1S/C30H26FN3O4/c31-25-8-4-5-9-26(25)38-24-16-32-29(33-17-24)30(37)34(18-20-10-11-20)19-21-12-14-23(15-13-21)28(36)27(35)22-6-2-1-3-7-22/h1-9,12-17,20,28,36H,10-11,18-19H2. The van der Waals surface area contributed by atoms with Crippen LogP contribution in [0.4, 0.5) is 4.39 Å². The van der Waals surface area contributed by atoms with Crippen molar-refractivity contribution in [3.05, 3.63) is 120 Å². The molecule has 1 aliphatic rings. The van der Waals surface area contributed by atoms with E-state index in [1.807, 2.05) is 6.07 Å². The summed E-state index contributed by atoms with van der Waals surface area (Å²) in [6.07, 6.45) is 3.55. The molecule has 38 heavy (non-hydrogen) atoms. The second-order valence-electron chi connectivity index (χ2n) is 9.28. The molecule has 3 aromatic carbocycles. The first-order chi connectivity index (χ1) is 18.5. The van der Waals surface area contributed by atoms with E-state index in [9.17, 15) is 19.1 Å². The number of Topliss-reactive ketones (excluding diaryl/α,β-unsaturated/α-hetero) is 1. The van der Waals surface area contributed by atoms with Crippen molar-refractivity contribution in [3.8, 4) is 11.5 Å². The van der Waals surface area contributed by atoms with Crippen molar-refractivity contribution in [1.29, 1.82) is 0 Å². The third kappa shape index (κ3) is 6.10. The molecule has 5 rings (SSSR count). The number of para-hydroxylation sites is 1. The number of carbonyl (C=O) groups is 2. The van der Waals surface area contributed by atoms with Crippen LogP contribution in [0.15, 0.2) is 91.3 Å². The summed E-state index contributed by atoms with van der Waals surface area (Å²) in [5, 5.41) is 10.5. The first-order valence-corrected chi connectivity index (χ1v) is 12.4. The lowest BCUT2D eigenvalue weighted by Gasteiger charge is -2.22. The molecule has 1 aromatic heterocycles. The summed E-state index contributed by atoms with van der Waals surface area (Å²) in [5.74, 6) is -0.476. The number of amides is 1. The van der Waals surface area contributed by atoms with Gasteiger partial charge in [-0.15, -0.1) is 0 Å². The number of hydrogen-bond donors (Lipinski definition) is 1. The van der Waals surface area contributed by atoms with Gasteiger partial charge in [-0.2, -0.15) is 0 Å². The zero-order chi connectivity index (χ0) is 26.5. The second-order valence-corrected chi connectivity index (χ2v) is 9.28. The molecule has 0 spiro atoms. The summed E-state index contributed by atoms with van der Waals surface area (Å²) in [6.45, 7) is 0.904. The van der Waals surface area contributed by atoms with Crippen LogP contribution in [0, 0.1) is 11.7 Å². The van der Waals surface area contributed by atoms with Gasteiger partial charge in [-0.25, -0.2) is 14.4 Å². The second kappa shape index (κ2) is 11.3. The Bertz CT molecular complexity index is 1410. The summed E-state index contributed by atoms with van der Waals surface area (Å²) in [7, 11) is 0. The molecule has 0 bridgehead atoms. The van der Waals surface area contributed by atoms with Gasteiger partial charge in [-0.05, 0) is 42.0 Å². The van der Waals surface area contributed by atoms with Crippen LogP contribution in [0.1, 0.15) is 51.0 Å². The summed E-state index contributed by atoms with van der Waals surface area (Å²) in [6, 6.07) is 21.7. The number of hydrogen-bond acceptors (Lipinski definition) is 6. The normalized spacial score (nSPS) is 13.5. The van der Waals surface area contributed by atoms with Crippen molar-refractivity contribution in [3.63, 3.8) is 0 Å². The predicted molar refractivity (Wildman–Crippen MR) is 138 cm³/mol. The Morgan fingerprint density at radius 1 is 0.947 bits per heavy atom. The number of aromatic nitrogens is 2. The third-order valence-electron chi connectivity index (χ3n) is 6.32. The largest absolute Gasteiger partial charge is 0.451 e. The number of carbonyl (C=O) groups excluding carboxylic acids is 2. The number of halogens is 1. The minimum Gasteiger partial charge on any atom is -0.451 e. The number of aliphatic hydroxyl groups excluding tert-OH is 1. The van der Waals surface area contributed by atoms with Gasteiger partial charge in [0.05, 0.1) is 12.4 Å². The molecule has 1 N–H and O–H groups in total. The molecule has 7 nitrogen and oxygen atoms in total. The maximum atomic E-state index is 13.9. The van der Waals surface area contributed by atoms with Gasteiger partial charge in [-0.1, -0.05) is 66.7 Å². The fourth-order valence-electron chi connectivity index (χ4n) is 4.04. The zero-order valence-corrected chi connectivity index (χ0v) is 20.5. The Morgan fingerprint density at radius 3 is 2.26 bits per heavy atom. The van der Waals surface area contributed by atoms with Crippen LogP contribution in [0.2, 0.25) is 0 Å². The number of ketones is 1. The summed E-state index contributed by atoms with van der Waals surface area (Å²) in [5.41, 5.74) is 1.77. The molecule has 0 saturated heterocycles. The highest BCUT2D eigenvalue weighted by molar-refractivity contribution is 5.99. The van der Waals surface area contributed by atoms with Gasteiger partial charge in [0.25, 0.3) is 5.91 Å². The van der Waals surface area contributed by atoms with Crippen LogP contribution in [-0.2, 0) is 6.54 Å². The van der Waals surface area contributed by atoms with Crippen LogP contribution in [0.25, 0.3) is 0 Å². The van der Waals surface area contributed by atoms with E-state index >= 15 is 0 Å². The first-order valence-electron chi connectivity index (χ1n) is 12.4. The van der Waals surface area contributed by atoms with Gasteiger partial charge < -0.3 is 14.7 Å². The van der Waals surface area contributed by atoms with E-state index in [1.165, 1.54) is 24.5 Å². The lowest BCUT2D eigenvalue weighted by molar-refractivity contribution is 0.0722. The maximum absolute atomic E-state index is 13.9. The van der Waals surface area contributed by atoms with Crippen molar-refractivity contribution in [2.45, 2.75) is 25.5 Å². The van der Waals surface area contributed by atoms with Gasteiger partial charge >= 0.3 is 0 Å². The van der Waals surface area contributed by atoms with Crippen molar-refractivity contribution in [1.82, 2.24) is 14.9 Å². The number of ether oxygens (including phenoxy) is 1. The highest BCUT2D eigenvalue weighted by atomic mass is 19.1. The highest BCUT2D eigenvalue weighted by Gasteiger charge is 2.29. The minimum atomic E-state index is -1.27. The zero-order valence-electron chi connectivity index (χ0n) is 20.5. The average Bonchev–Trinajstić information content (AvgIpc) is 3.78. The topological polar surface area (TPSA) is 92.6 Å². The maximum Gasteiger partial charge on any atom is 0.291 e. The number of aliphatic hydroxyl groups is 1. The Balaban J connectivity index is 1.26. The SMILES string of the molecule is O=C(c1ccccc1)C(O)c1ccc(CN(CC2CC2)C(=O)c2ncc(Oc3ccccc3F)cn2)cc1. The van der Waals surface area contributed by atoms with E-state index in [0.29, 0.717) is 30.1 Å². The van der Waals surface area contributed by atoms with Crippen molar-refractivity contribution < 1.29 is 23.8 Å². The Labute approximate surface area is 219 Å².